The van der Waals surface area contributed by atoms with E-state index in [2.05, 4.69) is 10.6 Å². The lowest BCUT2D eigenvalue weighted by atomic mass is 9.95. The summed E-state index contributed by atoms with van der Waals surface area (Å²) in [7, 11) is 4.60. The molecule has 1 aliphatic rings. The number of anilines is 1. The number of thioether (sulfide) groups is 1. The van der Waals surface area contributed by atoms with Gasteiger partial charge in [-0.25, -0.2) is 9.79 Å². The van der Waals surface area contributed by atoms with Crippen LogP contribution in [0.1, 0.15) is 34.5 Å². The number of hydrogen-bond acceptors (Lipinski definition) is 8. The van der Waals surface area contributed by atoms with Crippen LogP contribution in [-0.4, -0.2) is 43.5 Å². The normalized spacial score (nSPS) is 14.7. The molecular formula is C29H29N3O6S. The molecule has 0 unspecified atom stereocenters. The Kier molecular flexibility index (Phi) is 8.77. The quantitative estimate of drug-likeness (QED) is 0.332. The molecule has 0 saturated carbocycles. The fourth-order valence-electron chi connectivity index (χ4n) is 4.13. The van der Waals surface area contributed by atoms with Gasteiger partial charge in [-0.1, -0.05) is 42.1 Å². The monoisotopic (exact) mass is 547 g/mol. The van der Waals surface area contributed by atoms with E-state index in [-0.39, 0.29) is 11.5 Å². The maximum absolute atomic E-state index is 13.5. The van der Waals surface area contributed by atoms with Crippen LogP contribution >= 0.6 is 11.8 Å². The number of nitrogens with zero attached hydrogens (tertiary/aromatic N) is 1. The molecule has 202 valence electrons. The zero-order chi connectivity index (χ0) is 27.9. The predicted octanol–water partition coefficient (Wildman–Crippen LogP) is 5.26. The Balaban J connectivity index is 1.69. The number of carbonyl (C=O) groups is 2. The number of allylic oxidation sites excluding steroid dienone is 1. The van der Waals surface area contributed by atoms with Gasteiger partial charge in [-0.05, 0) is 54.4 Å². The highest BCUT2D eigenvalue weighted by Gasteiger charge is 2.31. The first-order valence-electron chi connectivity index (χ1n) is 12.0. The van der Waals surface area contributed by atoms with Crippen molar-refractivity contribution in [1.29, 1.82) is 0 Å². The van der Waals surface area contributed by atoms with Crippen molar-refractivity contribution in [3.63, 3.8) is 0 Å². The first-order valence-corrected chi connectivity index (χ1v) is 13.0. The number of nitrogens with one attached hydrogen (secondary N) is 2. The summed E-state index contributed by atoms with van der Waals surface area (Å²) in [5.74, 6) is 0.636. The number of carboxylic acid groups (broad SMARTS) is 1. The van der Waals surface area contributed by atoms with Crippen molar-refractivity contribution in [3.8, 4) is 17.2 Å². The van der Waals surface area contributed by atoms with Crippen molar-refractivity contribution in [3.05, 3.63) is 94.7 Å². The van der Waals surface area contributed by atoms with Gasteiger partial charge in [-0.3, -0.25) is 4.79 Å². The zero-order valence-corrected chi connectivity index (χ0v) is 22.8. The van der Waals surface area contributed by atoms with E-state index in [0.29, 0.717) is 50.7 Å². The number of carbonyl (C=O) groups excluding carboxylic acids is 1. The van der Waals surface area contributed by atoms with Crippen molar-refractivity contribution in [2.24, 2.45) is 4.99 Å². The smallest absolute Gasteiger partial charge is 0.335 e. The standard InChI is InChI=1S/C29H29N3O6S/c1-17-24(27(33)31-21-8-6-5-7-9-21)25(20-14-22(36-2)26(38-4)23(15-20)37-3)32-29(30-17)39-16-18-10-12-19(13-11-18)28(34)35/h5-15,25H,16H2,1-4H3,(H,30,32)(H,31,33)(H,34,35)/t25-/m1/s1. The van der Waals surface area contributed by atoms with Crippen LogP contribution in [0.3, 0.4) is 0 Å². The Morgan fingerprint density at radius 1 is 0.974 bits per heavy atom. The second-order valence-corrected chi connectivity index (χ2v) is 9.53. The van der Waals surface area contributed by atoms with Crippen LogP contribution in [0.15, 0.2) is 83.0 Å². The molecule has 0 aliphatic carbocycles. The topological polar surface area (TPSA) is 118 Å². The van der Waals surface area contributed by atoms with Gasteiger partial charge in [-0.2, -0.15) is 0 Å². The Morgan fingerprint density at radius 3 is 2.18 bits per heavy atom. The van der Waals surface area contributed by atoms with Crippen LogP contribution < -0.4 is 24.8 Å². The zero-order valence-electron chi connectivity index (χ0n) is 22.0. The molecule has 10 heteroatoms. The van der Waals surface area contributed by atoms with Gasteiger partial charge in [0.15, 0.2) is 16.7 Å². The molecule has 0 spiro atoms. The molecule has 1 atom stereocenters. The molecule has 1 aliphatic heterocycles. The first-order chi connectivity index (χ1) is 18.8. The summed E-state index contributed by atoms with van der Waals surface area (Å²) >= 11 is 1.45. The number of para-hydroxylation sites is 1. The summed E-state index contributed by atoms with van der Waals surface area (Å²) in [6, 6.07) is 18.8. The number of amides is 1. The molecule has 0 aromatic heterocycles. The Morgan fingerprint density at radius 2 is 1.62 bits per heavy atom. The van der Waals surface area contributed by atoms with E-state index in [4.69, 9.17) is 24.3 Å². The largest absolute Gasteiger partial charge is 0.493 e. The summed E-state index contributed by atoms with van der Waals surface area (Å²) in [4.78, 5) is 29.6. The van der Waals surface area contributed by atoms with Gasteiger partial charge in [0.05, 0.1) is 32.5 Å². The molecule has 9 nitrogen and oxygen atoms in total. The van der Waals surface area contributed by atoms with Crippen LogP contribution in [0.25, 0.3) is 0 Å². The van der Waals surface area contributed by atoms with Crippen molar-refractivity contribution in [1.82, 2.24) is 5.32 Å². The maximum atomic E-state index is 13.5. The molecule has 1 amide bonds. The number of aliphatic imine (C=N–C) groups is 1. The summed E-state index contributed by atoms with van der Waals surface area (Å²) in [6.07, 6.45) is 0. The minimum atomic E-state index is -0.970. The third-order valence-electron chi connectivity index (χ3n) is 6.07. The molecule has 0 fully saturated rings. The lowest BCUT2D eigenvalue weighted by molar-refractivity contribution is -0.113. The van der Waals surface area contributed by atoms with Crippen LogP contribution in [0.5, 0.6) is 17.2 Å². The molecule has 3 N–H and O–H groups in total. The lowest BCUT2D eigenvalue weighted by Gasteiger charge is -2.27. The second kappa shape index (κ2) is 12.4. The number of rotatable bonds is 9. The summed E-state index contributed by atoms with van der Waals surface area (Å²) in [5.41, 5.74) is 3.62. The Bertz CT molecular complexity index is 1400. The molecular weight excluding hydrogens is 518 g/mol. The number of ether oxygens (including phenoxy) is 3. The second-order valence-electron chi connectivity index (χ2n) is 8.57. The summed E-state index contributed by atoms with van der Waals surface area (Å²) < 4.78 is 16.6. The number of methoxy groups -OCH3 is 3. The summed E-state index contributed by atoms with van der Waals surface area (Å²) in [6.45, 7) is 1.84. The Hall–Kier alpha value is -4.44. The number of carboxylic acids is 1. The third-order valence-corrected chi connectivity index (χ3v) is 7.03. The number of hydrogen-bond donors (Lipinski definition) is 3. The molecule has 3 aromatic carbocycles. The van der Waals surface area contributed by atoms with Gasteiger partial charge >= 0.3 is 5.97 Å². The van der Waals surface area contributed by atoms with Crippen LogP contribution in [-0.2, 0) is 10.5 Å². The fourth-order valence-corrected chi connectivity index (χ4v) is 5.03. The minimum absolute atomic E-state index is 0.229. The average Bonchev–Trinajstić information content (AvgIpc) is 2.95. The van der Waals surface area contributed by atoms with Gasteiger partial charge in [0, 0.05) is 17.1 Å². The molecule has 0 radical (unpaired) electrons. The average molecular weight is 548 g/mol. The van der Waals surface area contributed by atoms with Gasteiger partial charge in [-0.15, -0.1) is 0 Å². The van der Waals surface area contributed by atoms with E-state index in [0.717, 1.165) is 5.56 Å². The number of amidine groups is 1. The van der Waals surface area contributed by atoms with Crippen LogP contribution in [0.4, 0.5) is 5.69 Å². The highest BCUT2D eigenvalue weighted by molar-refractivity contribution is 8.13. The van der Waals surface area contributed by atoms with Crippen LogP contribution in [0.2, 0.25) is 0 Å². The maximum Gasteiger partial charge on any atom is 0.335 e. The SMILES string of the molecule is COc1cc([C@H]2N=C(SCc3ccc(C(=O)O)cc3)NC(C)=C2C(=O)Nc2ccccc2)cc(OC)c1OC. The molecule has 0 saturated heterocycles. The van der Waals surface area contributed by atoms with Crippen LogP contribution in [0, 0.1) is 0 Å². The predicted molar refractivity (Wildman–Crippen MR) is 152 cm³/mol. The van der Waals surface area contributed by atoms with Crippen molar-refractivity contribution < 1.29 is 28.9 Å². The number of aromatic carboxylic acids is 1. The summed E-state index contributed by atoms with van der Waals surface area (Å²) in [5, 5.41) is 16.0. The van der Waals surface area contributed by atoms with E-state index in [9.17, 15) is 9.59 Å². The molecule has 1 heterocycles. The van der Waals surface area contributed by atoms with Crippen molar-refractivity contribution in [2.75, 3.05) is 26.6 Å². The van der Waals surface area contributed by atoms with E-state index in [1.807, 2.05) is 37.3 Å². The van der Waals surface area contributed by atoms with Gasteiger partial charge < -0.3 is 30.0 Å². The molecule has 0 bridgehead atoms. The number of benzene rings is 3. The van der Waals surface area contributed by atoms with E-state index < -0.39 is 12.0 Å². The fraction of sp³-hybridized carbons (Fsp3) is 0.207. The highest BCUT2D eigenvalue weighted by Crippen LogP contribution is 2.43. The molecule has 4 rings (SSSR count). The van der Waals surface area contributed by atoms with Gasteiger partial charge in [0.2, 0.25) is 5.75 Å². The highest BCUT2D eigenvalue weighted by atomic mass is 32.2. The third kappa shape index (κ3) is 6.35. The van der Waals surface area contributed by atoms with Gasteiger partial charge in [0.25, 0.3) is 5.91 Å². The molecule has 39 heavy (non-hydrogen) atoms. The van der Waals surface area contributed by atoms with E-state index in [1.54, 1.807) is 36.4 Å². The van der Waals surface area contributed by atoms with Gasteiger partial charge in [0.1, 0.15) is 6.04 Å². The Labute approximate surface area is 230 Å². The first kappa shape index (κ1) is 27.6. The van der Waals surface area contributed by atoms with Crippen molar-refractivity contribution >= 4 is 34.5 Å². The lowest BCUT2D eigenvalue weighted by Crippen LogP contribution is -2.32. The van der Waals surface area contributed by atoms with E-state index >= 15 is 0 Å². The minimum Gasteiger partial charge on any atom is -0.493 e. The van der Waals surface area contributed by atoms with Crippen molar-refractivity contribution in [2.45, 2.75) is 18.7 Å². The van der Waals surface area contributed by atoms with E-state index in [1.165, 1.54) is 33.1 Å². The molecule has 3 aromatic rings.